The molecule has 1 amide bonds. The van der Waals surface area contributed by atoms with Gasteiger partial charge >= 0.3 is 18.0 Å². The number of rotatable bonds is 13. The van der Waals surface area contributed by atoms with E-state index in [9.17, 15) is 14.4 Å². The van der Waals surface area contributed by atoms with Crippen molar-refractivity contribution in [1.29, 1.82) is 0 Å². The van der Waals surface area contributed by atoms with Crippen LogP contribution in [-0.2, 0) is 36.8 Å². The summed E-state index contributed by atoms with van der Waals surface area (Å²) >= 11 is 0. The third kappa shape index (κ3) is 12.0. The van der Waals surface area contributed by atoms with Crippen LogP contribution >= 0.6 is 0 Å². The number of ether oxygens (including phenoxy) is 4. The van der Waals surface area contributed by atoms with Crippen LogP contribution < -0.4 is 10.1 Å². The molecular weight excluding hydrogens is 546 g/mol. The van der Waals surface area contributed by atoms with E-state index in [0.717, 1.165) is 35.1 Å². The Hall–Kier alpha value is -4.59. The van der Waals surface area contributed by atoms with Crippen molar-refractivity contribution in [2.24, 2.45) is 0 Å². The zero-order valence-electron chi connectivity index (χ0n) is 25.6. The van der Waals surface area contributed by atoms with Gasteiger partial charge in [0.05, 0.1) is 6.61 Å². The lowest BCUT2D eigenvalue weighted by Crippen LogP contribution is -2.45. The molecule has 228 valence electrons. The molecule has 43 heavy (non-hydrogen) atoms. The van der Waals surface area contributed by atoms with E-state index in [4.69, 9.17) is 18.9 Å². The summed E-state index contributed by atoms with van der Waals surface area (Å²) in [5.41, 5.74) is 2.62. The Balaban J connectivity index is 1.62. The first-order valence-corrected chi connectivity index (χ1v) is 14.4. The Morgan fingerprint density at radius 2 is 1.47 bits per heavy atom. The third-order valence-corrected chi connectivity index (χ3v) is 6.18. The van der Waals surface area contributed by atoms with Gasteiger partial charge in [-0.2, -0.15) is 0 Å². The minimum Gasteiger partial charge on any atom is -0.463 e. The average molecular weight is 588 g/mol. The lowest BCUT2D eigenvalue weighted by atomic mass is 10.1. The van der Waals surface area contributed by atoms with Crippen molar-refractivity contribution >= 4 is 23.6 Å². The summed E-state index contributed by atoms with van der Waals surface area (Å²) < 4.78 is 22.0. The second kappa shape index (κ2) is 16.2. The SMILES string of the molecule is CCCCOC(=O)/C=C(\C)c1ccc(Oc2ccc(CC(NC(=O)OC(C)(C)C)C(=O)OCc3ccccc3)cc2)cc1. The zero-order chi connectivity index (χ0) is 31.2. The highest BCUT2D eigenvalue weighted by Gasteiger charge is 2.26. The smallest absolute Gasteiger partial charge is 0.408 e. The summed E-state index contributed by atoms with van der Waals surface area (Å²) in [6.45, 7) is 9.68. The number of allylic oxidation sites excluding steroid dienone is 1. The molecule has 0 aliphatic rings. The molecule has 3 aromatic rings. The van der Waals surface area contributed by atoms with E-state index >= 15 is 0 Å². The van der Waals surface area contributed by atoms with Crippen molar-refractivity contribution in [3.8, 4) is 11.5 Å². The van der Waals surface area contributed by atoms with Crippen LogP contribution in [0.15, 0.2) is 84.9 Å². The molecule has 0 bridgehead atoms. The Labute approximate surface area is 254 Å². The highest BCUT2D eigenvalue weighted by Crippen LogP contribution is 2.25. The van der Waals surface area contributed by atoms with Gasteiger partial charge in [0, 0.05) is 12.5 Å². The third-order valence-electron chi connectivity index (χ3n) is 6.18. The van der Waals surface area contributed by atoms with Gasteiger partial charge < -0.3 is 24.3 Å². The van der Waals surface area contributed by atoms with Crippen molar-refractivity contribution in [3.05, 3.63) is 102 Å². The van der Waals surface area contributed by atoms with Gasteiger partial charge in [-0.25, -0.2) is 14.4 Å². The molecule has 0 heterocycles. The van der Waals surface area contributed by atoms with E-state index in [1.165, 1.54) is 6.08 Å². The predicted octanol–water partition coefficient (Wildman–Crippen LogP) is 7.40. The maximum atomic E-state index is 13.0. The van der Waals surface area contributed by atoms with E-state index in [0.29, 0.717) is 18.1 Å². The Morgan fingerprint density at radius 3 is 2.07 bits per heavy atom. The molecule has 0 saturated heterocycles. The summed E-state index contributed by atoms with van der Waals surface area (Å²) in [6.07, 6.45) is 2.81. The number of hydrogen-bond acceptors (Lipinski definition) is 7. The Kier molecular flexibility index (Phi) is 12.4. The molecule has 0 aliphatic carbocycles. The number of amides is 1. The van der Waals surface area contributed by atoms with Gasteiger partial charge in [0.25, 0.3) is 0 Å². The van der Waals surface area contributed by atoms with Gasteiger partial charge in [0.2, 0.25) is 0 Å². The molecule has 0 fully saturated rings. The van der Waals surface area contributed by atoms with Crippen molar-refractivity contribution in [1.82, 2.24) is 5.32 Å². The predicted molar refractivity (Wildman–Crippen MR) is 166 cm³/mol. The normalized spacial score (nSPS) is 12.2. The van der Waals surface area contributed by atoms with Gasteiger partial charge in [-0.1, -0.05) is 67.9 Å². The summed E-state index contributed by atoms with van der Waals surface area (Å²) in [5, 5.41) is 2.65. The van der Waals surface area contributed by atoms with Crippen molar-refractivity contribution < 1.29 is 33.3 Å². The van der Waals surface area contributed by atoms with Crippen molar-refractivity contribution in [2.75, 3.05) is 6.61 Å². The number of alkyl carbamates (subject to hydrolysis) is 1. The van der Waals surface area contributed by atoms with E-state index in [1.807, 2.05) is 80.6 Å². The zero-order valence-corrected chi connectivity index (χ0v) is 25.6. The van der Waals surface area contributed by atoms with E-state index in [-0.39, 0.29) is 19.0 Å². The van der Waals surface area contributed by atoms with E-state index in [1.54, 1.807) is 32.9 Å². The largest absolute Gasteiger partial charge is 0.463 e. The second-order valence-corrected chi connectivity index (χ2v) is 11.1. The number of unbranched alkanes of at least 4 members (excludes halogenated alkanes) is 1. The molecule has 1 unspecified atom stereocenters. The first kappa shape index (κ1) is 32.9. The standard InChI is InChI=1S/C35H41NO7/c1-6-7-21-40-32(37)22-25(2)28-15-19-30(20-16-28)42-29-17-13-26(14-18-29)23-31(36-34(39)43-35(3,4)5)33(38)41-24-27-11-9-8-10-12-27/h8-20,22,31H,6-7,21,23-24H2,1-5H3,(H,36,39)/b25-22+. The molecule has 0 radical (unpaired) electrons. The van der Waals surface area contributed by atoms with E-state index in [2.05, 4.69) is 5.32 Å². The molecule has 0 spiro atoms. The summed E-state index contributed by atoms with van der Waals surface area (Å²) in [4.78, 5) is 37.4. The minimum absolute atomic E-state index is 0.0934. The number of benzene rings is 3. The summed E-state index contributed by atoms with van der Waals surface area (Å²) in [6, 6.07) is 23.0. The van der Waals surface area contributed by atoms with Gasteiger partial charge in [0.1, 0.15) is 29.7 Å². The molecule has 8 nitrogen and oxygen atoms in total. The van der Waals surface area contributed by atoms with Crippen LogP contribution in [0.3, 0.4) is 0 Å². The van der Waals surface area contributed by atoms with Crippen LogP contribution in [0.2, 0.25) is 0 Å². The summed E-state index contributed by atoms with van der Waals surface area (Å²) in [5.74, 6) is 0.323. The van der Waals surface area contributed by atoms with Crippen LogP contribution in [-0.4, -0.2) is 36.3 Å². The summed E-state index contributed by atoms with van der Waals surface area (Å²) in [7, 11) is 0. The lowest BCUT2D eigenvalue weighted by Gasteiger charge is -2.23. The Morgan fingerprint density at radius 1 is 0.837 bits per heavy atom. The topological polar surface area (TPSA) is 100 Å². The minimum atomic E-state index is -0.946. The lowest BCUT2D eigenvalue weighted by molar-refractivity contribution is -0.147. The highest BCUT2D eigenvalue weighted by atomic mass is 16.6. The van der Waals surface area contributed by atoms with Crippen LogP contribution in [0.4, 0.5) is 4.79 Å². The number of carbonyl (C=O) groups is 3. The number of carbonyl (C=O) groups excluding carboxylic acids is 3. The number of nitrogens with one attached hydrogen (secondary N) is 1. The van der Waals surface area contributed by atoms with Crippen LogP contribution in [0.25, 0.3) is 5.57 Å². The fourth-order valence-corrected chi connectivity index (χ4v) is 3.94. The molecule has 0 saturated carbocycles. The fourth-order valence-electron chi connectivity index (χ4n) is 3.94. The van der Waals surface area contributed by atoms with Crippen LogP contribution in [0.5, 0.6) is 11.5 Å². The highest BCUT2D eigenvalue weighted by molar-refractivity contribution is 5.90. The van der Waals surface area contributed by atoms with Gasteiger partial charge in [-0.05, 0) is 80.6 Å². The molecular formula is C35H41NO7. The molecule has 0 aromatic heterocycles. The second-order valence-electron chi connectivity index (χ2n) is 11.1. The van der Waals surface area contributed by atoms with Gasteiger partial charge in [-0.15, -0.1) is 0 Å². The monoisotopic (exact) mass is 587 g/mol. The van der Waals surface area contributed by atoms with Crippen molar-refractivity contribution in [2.45, 2.75) is 72.1 Å². The molecule has 0 aliphatic heterocycles. The number of esters is 2. The number of hydrogen-bond donors (Lipinski definition) is 1. The van der Waals surface area contributed by atoms with Crippen molar-refractivity contribution in [3.63, 3.8) is 0 Å². The first-order chi connectivity index (χ1) is 20.5. The molecule has 8 heteroatoms. The maximum Gasteiger partial charge on any atom is 0.408 e. The fraction of sp³-hybridized carbons (Fsp3) is 0.343. The first-order valence-electron chi connectivity index (χ1n) is 14.4. The maximum absolute atomic E-state index is 13.0. The van der Waals surface area contributed by atoms with E-state index < -0.39 is 23.7 Å². The molecule has 1 atom stereocenters. The van der Waals surface area contributed by atoms with Gasteiger partial charge in [0.15, 0.2) is 0 Å². The molecule has 1 N–H and O–H groups in total. The van der Waals surface area contributed by atoms with Crippen LogP contribution in [0.1, 0.15) is 64.2 Å². The quantitative estimate of drug-likeness (QED) is 0.0962. The van der Waals surface area contributed by atoms with Gasteiger partial charge in [-0.3, -0.25) is 0 Å². The molecule has 3 rings (SSSR count). The Bertz CT molecular complexity index is 1360. The average Bonchev–Trinajstić information content (AvgIpc) is 2.96. The molecule has 3 aromatic carbocycles. The van der Waals surface area contributed by atoms with Crippen LogP contribution in [0, 0.1) is 0 Å².